The standard InChI is InChI=1S/C20H21N3O2/c24-19(22-12-5-10-21-11-13-22)14-23-17-8-3-1-6-15(17)20(25)16-7-2-4-9-18(16)23/h1-4,6-9,21H,5,10-14H2. The third kappa shape index (κ3) is 2.91. The molecule has 1 amide bonds. The summed E-state index contributed by atoms with van der Waals surface area (Å²) in [5.41, 5.74) is 1.65. The quantitative estimate of drug-likeness (QED) is 0.729. The van der Waals surface area contributed by atoms with Crippen molar-refractivity contribution in [2.24, 2.45) is 0 Å². The van der Waals surface area contributed by atoms with Crippen molar-refractivity contribution in [2.45, 2.75) is 13.0 Å². The molecule has 2 aromatic carbocycles. The SMILES string of the molecule is O=C(Cn1c2ccccc2c(=O)c2ccccc21)N1CCCNCC1. The zero-order chi connectivity index (χ0) is 17.2. The molecule has 5 nitrogen and oxygen atoms in total. The first-order chi connectivity index (χ1) is 12.3. The van der Waals surface area contributed by atoms with Crippen LogP contribution in [0.15, 0.2) is 53.3 Å². The monoisotopic (exact) mass is 335 g/mol. The fourth-order valence-electron chi connectivity index (χ4n) is 3.58. The van der Waals surface area contributed by atoms with Gasteiger partial charge in [-0.25, -0.2) is 0 Å². The number of amides is 1. The number of nitrogens with one attached hydrogen (secondary N) is 1. The second kappa shape index (κ2) is 6.69. The van der Waals surface area contributed by atoms with Crippen LogP contribution in [0.2, 0.25) is 0 Å². The van der Waals surface area contributed by atoms with Gasteiger partial charge >= 0.3 is 0 Å². The molecule has 1 N–H and O–H groups in total. The number of carbonyl (C=O) groups excluding carboxylic acids is 1. The molecule has 0 radical (unpaired) electrons. The Morgan fingerprint density at radius 1 is 0.920 bits per heavy atom. The molecule has 5 heteroatoms. The number of para-hydroxylation sites is 2. The number of aromatic nitrogens is 1. The van der Waals surface area contributed by atoms with Crippen LogP contribution in [-0.4, -0.2) is 41.6 Å². The Hall–Kier alpha value is -2.66. The molecule has 3 aromatic rings. The van der Waals surface area contributed by atoms with Crippen molar-refractivity contribution in [3.05, 3.63) is 58.8 Å². The normalized spacial score (nSPS) is 15.4. The first kappa shape index (κ1) is 15.8. The summed E-state index contributed by atoms with van der Waals surface area (Å²) in [6.45, 7) is 3.54. The van der Waals surface area contributed by atoms with Crippen LogP contribution in [0.1, 0.15) is 6.42 Å². The summed E-state index contributed by atoms with van der Waals surface area (Å²) in [7, 11) is 0. The van der Waals surface area contributed by atoms with E-state index in [-0.39, 0.29) is 17.9 Å². The summed E-state index contributed by atoms with van der Waals surface area (Å²) in [6.07, 6.45) is 0.970. The molecule has 1 aromatic heterocycles. The summed E-state index contributed by atoms with van der Waals surface area (Å²) < 4.78 is 1.98. The van der Waals surface area contributed by atoms with Gasteiger partial charge < -0.3 is 14.8 Å². The molecule has 128 valence electrons. The van der Waals surface area contributed by atoms with Gasteiger partial charge in [-0.1, -0.05) is 24.3 Å². The third-order valence-electron chi connectivity index (χ3n) is 4.87. The number of pyridine rings is 1. The summed E-state index contributed by atoms with van der Waals surface area (Å²) in [4.78, 5) is 27.6. The lowest BCUT2D eigenvalue weighted by Gasteiger charge is -2.22. The van der Waals surface area contributed by atoms with Crippen molar-refractivity contribution in [3.63, 3.8) is 0 Å². The molecule has 0 saturated carbocycles. The minimum atomic E-state index is 0.0221. The van der Waals surface area contributed by atoms with Crippen LogP contribution in [0.3, 0.4) is 0 Å². The number of hydrogen-bond donors (Lipinski definition) is 1. The first-order valence-electron chi connectivity index (χ1n) is 8.74. The van der Waals surface area contributed by atoms with Crippen LogP contribution >= 0.6 is 0 Å². The molecule has 25 heavy (non-hydrogen) atoms. The van der Waals surface area contributed by atoms with Gasteiger partial charge in [0.25, 0.3) is 0 Å². The zero-order valence-electron chi connectivity index (χ0n) is 14.1. The zero-order valence-corrected chi connectivity index (χ0v) is 14.1. The number of benzene rings is 2. The van der Waals surface area contributed by atoms with Crippen molar-refractivity contribution in [1.29, 1.82) is 0 Å². The van der Waals surface area contributed by atoms with Crippen LogP contribution in [0.25, 0.3) is 21.8 Å². The van der Waals surface area contributed by atoms with Crippen LogP contribution in [-0.2, 0) is 11.3 Å². The van der Waals surface area contributed by atoms with Gasteiger partial charge in [-0.2, -0.15) is 0 Å². The van der Waals surface area contributed by atoms with E-state index in [0.29, 0.717) is 10.8 Å². The molecular formula is C20H21N3O2. The Labute approximate surface area is 145 Å². The lowest BCUT2D eigenvalue weighted by molar-refractivity contribution is -0.131. The lowest BCUT2D eigenvalue weighted by atomic mass is 10.1. The Bertz CT molecular complexity index is 925. The third-order valence-corrected chi connectivity index (χ3v) is 4.87. The van der Waals surface area contributed by atoms with E-state index in [1.54, 1.807) is 0 Å². The molecule has 1 aliphatic heterocycles. The first-order valence-corrected chi connectivity index (χ1v) is 8.74. The van der Waals surface area contributed by atoms with E-state index in [1.807, 2.05) is 58.0 Å². The van der Waals surface area contributed by atoms with Gasteiger partial charge in [-0.05, 0) is 37.2 Å². The molecule has 0 atom stereocenters. The number of rotatable bonds is 2. The van der Waals surface area contributed by atoms with E-state index in [9.17, 15) is 9.59 Å². The van der Waals surface area contributed by atoms with E-state index >= 15 is 0 Å². The van der Waals surface area contributed by atoms with Crippen molar-refractivity contribution in [2.75, 3.05) is 26.2 Å². The van der Waals surface area contributed by atoms with Gasteiger partial charge in [-0.3, -0.25) is 9.59 Å². The summed E-state index contributed by atoms with van der Waals surface area (Å²) in [6, 6.07) is 15.1. The molecule has 4 rings (SSSR count). The molecule has 0 aliphatic carbocycles. The van der Waals surface area contributed by atoms with Crippen LogP contribution in [0.5, 0.6) is 0 Å². The van der Waals surface area contributed by atoms with Crippen molar-refractivity contribution in [1.82, 2.24) is 14.8 Å². The number of fused-ring (bicyclic) bond motifs is 2. The van der Waals surface area contributed by atoms with E-state index in [4.69, 9.17) is 0 Å². The second-order valence-corrected chi connectivity index (χ2v) is 6.43. The highest BCUT2D eigenvalue weighted by atomic mass is 16.2. The topological polar surface area (TPSA) is 54.3 Å². The largest absolute Gasteiger partial charge is 0.340 e. The molecule has 0 unspecified atom stereocenters. The fourth-order valence-corrected chi connectivity index (χ4v) is 3.58. The maximum Gasteiger partial charge on any atom is 0.242 e. The average molecular weight is 335 g/mol. The van der Waals surface area contributed by atoms with E-state index in [1.165, 1.54) is 0 Å². The smallest absolute Gasteiger partial charge is 0.242 e. The molecular weight excluding hydrogens is 314 g/mol. The maximum absolute atomic E-state index is 12.9. The molecule has 1 aliphatic rings. The van der Waals surface area contributed by atoms with Crippen molar-refractivity contribution in [3.8, 4) is 0 Å². The van der Waals surface area contributed by atoms with E-state index in [0.717, 1.165) is 43.6 Å². The predicted octanol–water partition coefficient (Wildman–Crippen LogP) is 1.98. The second-order valence-electron chi connectivity index (χ2n) is 6.43. The molecule has 0 spiro atoms. The van der Waals surface area contributed by atoms with Gasteiger partial charge in [0.1, 0.15) is 6.54 Å². The molecule has 1 saturated heterocycles. The van der Waals surface area contributed by atoms with Gasteiger partial charge in [0.15, 0.2) is 5.43 Å². The van der Waals surface area contributed by atoms with Gasteiger partial charge in [0.05, 0.1) is 11.0 Å². The van der Waals surface area contributed by atoms with E-state index < -0.39 is 0 Å². The van der Waals surface area contributed by atoms with Crippen molar-refractivity contribution >= 4 is 27.7 Å². The van der Waals surface area contributed by atoms with Gasteiger partial charge in [-0.15, -0.1) is 0 Å². The Morgan fingerprint density at radius 3 is 2.24 bits per heavy atom. The number of carbonyl (C=O) groups is 1. The minimum Gasteiger partial charge on any atom is -0.340 e. The highest BCUT2D eigenvalue weighted by Crippen LogP contribution is 2.19. The fraction of sp³-hybridized carbons (Fsp3) is 0.300. The minimum absolute atomic E-state index is 0.0221. The number of hydrogen-bond acceptors (Lipinski definition) is 3. The highest BCUT2D eigenvalue weighted by molar-refractivity contribution is 5.94. The lowest BCUT2D eigenvalue weighted by Crippen LogP contribution is -2.36. The molecule has 0 bridgehead atoms. The maximum atomic E-state index is 12.9. The van der Waals surface area contributed by atoms with E-state index in [2.05, 4.69) is 5.32 Å². The van der Waals surface area contributed by atoms with Crippen LogP contribution in [0, 0.1) is 0 Å². The summed E-state index contributed by atoms with van der Waals surface area (Å²) in [5.74, 6) is 0.0997. The van der Waals surface area contributed by atoms with Crippen molar-refractivity contribution < 1.29 is 4.79 Å². The number of nitrogens with zero attached hydrogens (tertiary/aromatic N) is 2. The van der Waals surface area contributed by atoms with Crippen LogP contribution < -0.4 is 10.7 Å². The van der Waals surface area contributed by atoms with Gasteiger partial charge in [0, 0.05) is 30.4 Å². The molecule has 1 fully saturated rings. The van der Waals surface area contributed by atoms with Gasteiger partial charge in [0.2, 0.25) is 5.91 Å². The predicted molar refractivity (Wildman–Crippen MR) is 99.8 cm³/mol. The Balaban J connectivity index is 1.83. The molecule has 2 heterocycles. The average Bonchev–Trinajstić information content (AvgIpc) is 2.94. The summed E-state index contributed by atoms with van der Waals surface area (Å²) in [5, 5.41) is 4.64. The highest BCUT2D eigenvalue weighted by Gasteiger charge is 2.18. The Morgan fingerprint density at radius 2 is 1.56 bits per heavy atom. The summed E-state index contributed by atoms with van der Waals surface area (Å²) >= 11 is 0. The Kier molecular flexibility index (Phi) is 4.24. The van der Waals surface area contributed by atoms with Crippen LogP contribution in [0.4, 0.5) is 0 Å².